The number of anilines is 1. The third-order valence-corrected chi connectivity index (χ3v) is 5.08. The quantitative estimate of drug-likeness (QED) is 0.695. The number of hydrogen-bond donors (Lipinski definition) is 1. The third-order valence-electron chi connectivity index (χ3n) is 5.08. The number of nitrogens with zero attached hydrogens (tertiary/aromatic N) is 4. The van der Waals surface area contributed by atoms with Crippen molar-refractivity contribution in [1.29, 1.82) is 0 Å². The van der Waals surface area contributed by atoms with E-state index in [9.17, 15) is 18.0 Å². The van der Waals surface area contributed by atoms with Crippen LogP contribution in [0.2, 0.25) is 0 Å². The molecule has 0 unspecified atom stereocenters. The number of amides is 1. The van der Waals surface area contributed by atoms with Crippen LogP contribution in [0.3, 0.4) is 0 Å². The zero-order chi connectivity index (χ0) is 21.3. The van der Waals surface area contributed by atoms with Gasteiger partial charge in [0.05, 0.1) is 29.4 Å². The molecule has 154 valence electrons. The van der Waals surface area contributed by atoms with E-state index in [0.29, 0.717) is 22.6 Å². The number of alkyl halides is 2. The van der Waals surface area contributed by atoms with Crippen molar-refractivity contribution in [3.05, 3.63) is 72.2 Å². The van der Waals surface area contributed by atoms with E-state index in [2.05, 4.69) is 15.0 Å². The lowest BCUT2D eigenvalue weighted by Crippen LogP contribution is -2.56. The molecule has 0 saturated carbocycles. The molecule has 6 nitrogen and oxygen atoms in total. The maximum Gasteiger partial charge on any atom is 0.312 e. The fraction of sp³-hybridized carbons (Fsp3) is 0.238. The van der Waals surface area contributed by atoms with Gasteiger partial charge in [0.15, 0.2) is 5.82 Å². The Morgan fingerprint density at radius 1 is 1.10 bits per heavy atom. The zero-order valence-corrected chi connectivity index (χ0v) is 15.8. The third kappa shape index (κ3) is 3.83. The summed E-state index contributed by atoms with van der Waals surface area (Å²) in [5.74, 6) is -5.50. The topological polar surface area (TPSA) is 85.0 Å². The monoisotopic (exact) mass is 413 g/mol. The molecule has 1 saturated heterocycles. The number of halogens is 3. The maximum atomic E-state index is 14.5. The van der Waals surface area contributed by atoms with Crippen LogP contribution in [0, 0.1) is 11.7 Å². The van der Waals surface area contributed by atoms with Gasteiger partial charge in [0.25, 0.3) is 0 Å². The molecule has 2 N–H and O–H groups in total. The predicted molar refractivity (Wildman–Crippen MR) is 104 cm³/mol. The normalized spacial score (nSPS) is 14.4. The summed E-state index contributed by atoms with van der Waals surface area (Å²) in [6, 6.07) is 10.5. The van der Waals surface area contributed by atoms with Gasteiger partial charge in [0.2, 0.25) is 5.91 Å². The molecule has 0 radical (unpaired) electrons. The summed E-state index contributed by atoms with van der Waals surface area (Å²) in [6.07, 6.45) is 2.42. The van der Waals surface area contributed by atoms with Crippen molar-refractivity contribution in [3.8, 4) is 11.3 Å². The summed E-state index contributed by atoms with van der Waals surface area (Å²) in [5.41, 5.74) is 7.84. The van der Waals surface area contributed by atoms with E-state index in [1.165, 1.54) is 35.5 Å². The highest BCUT2D eigenvalue weighted by Gasteiger charge is 2.51. The molecule has 0 spiro atoms. The molecule has 0 bridgehead atoms. The summed E-state index contributed by atoms with van der Waals surface area (Å²) in [4.78, 5) is 25.6. The first-order valence-corrected chi connectivity index (χ1v) is 9.29. The molecule has 1 aliphatic rings. The van der Waals surface area contributed by atoms with Gasteiger partial charge in [0, 0.05) is 31.0 Å². The molecule has 2 aromatic heterocycles. The second kappa shape index (κ2) is 7.74. The second-order valence-corrected chi connectivity index (χ2v) is 7.11. The van der Waals surface area contributed by atoms with Gasteiger partial charge in [-0.2, -0.15) is 8.78 Å². The minimum absolute atomic E-state index is 0.0956. The Kier molecular flexibility index (Phi) is 5.11. The summed E-state index contributed by atoms with van der Waals surface area (Å²) < 4.78 is 42.1. The Balaban J connectivity index is 1.43. The number of carbonyl (C=O) groups is 1. The summed E-state index contributed by atoms with van der Waals surface area (Å²) in [5, 5.41) is 0. The molecule has 1 fully saturated rings. The van der Waals surface area contributed by atoms with Crippen molar-refractivity contribution in [1.82, 2.24) is 19.9 Å². The van der Waals surface area contributed by atoms with Gasteiger partial charge in [-0.15, -0.1) is 0 Å². The molecule has 9 heteroatoms. The lowest BCUT2D eigenvalue weighted by atomic mass is 9.91. The van der Waals surface area contributed by atoms with Gasteiger partial charge in [-0.1, -0.05) is 0 Å². The molecule has 30 heavy (non-hydrogen) atoms. The van der Waals surface area contributed by atoms with Crippen molar-refractivity contribution in [2.24, 2.45) is 5.92 Å². The fourth-order valence-electron chi connectivity index (χ4n) is 3.26. The summed E-state index contributed by atoms with van der Waals surface area (Å²) >= 11 is 0. The number of hydrogen-bond acceptors (Lipinski definition) is 5. The van der Waals surface area contributed by atoms with Crippen LogP contribution in [-0.4, -0.2) is 38.8 Å². The minimum atomic E-state index is -3.21. The molecule has 0 atom stereocenters. The van der Waals surface area contributed by atoms with Gasteiger partial charge in [-0.05, 0) is 42.5 Å². The number of likely N-dealkylation sites (tertiary alicyclic amines) is 1. The Morgan fingerprint density at radius 2 is 1.77 bits per heavy atom. The van der Waals surface area contributed by atoms with Crippen molar-refractivity contribution in [2.45, 2.75) is 12.3 Å². The smallest absolute Gasteiger partial charge is 0.312 e. The number of nitrogen functional groups attached to an aromatic ring is 1. The van der Waals surface area contributed by atoms with E-state index in [4.69, 9.17) is 5.73 Å². The van der Waals surface area contributed by atoms with E-state index in [1.54, 1.807) is 24.3 Å². The lowest BCUT2D eigenvalue weighted by molar-refractivity contribution is -0.157. The van der Waals surface area contributed by atoms with Gasteiger partial charge < -0.3 is 10.6 Å². The highest BCUT2D eigenvalue weighted by atomic mass is 19.3. The lowest BCUT2D eigenvalue weighted by Gasteiger charge is -2.42. The molecular formula is C21H18F3N5O. The minimum Gasteiger partial charge on any atom is -0.397 e. The molecule has 1 aliphatic heterocycles. The van der Waals surface area contributed by atoms with E-state index in [0.717, 1.165) is 0 Å². The van der Waals surface area contributed by atoms with Crippen LogP contribution in [0.15, 0.2) is 54.9 Å². The van der Waals surface area contributed by atoms with Crippen LogP contribution in [0.5, 0.6) is 0 Å². The van der Waals surface area contributed by atoms with E-state index < -0.39 is 17.7 Å². The SMILES string of the molecule is Nc1ccc(-c2ccc(F)cc2)nc1CC(=O)N1CC(C(F)(F)c2ncccn2)C1. The van der Waals surface area contributed by atoms with Crippen molar-refractivity contribution < 1.29 is 18.0 Å². The zero-order valence-electron chi connectivity index (χ0n) is 15.8. The number of nitrogens with two attached hydrogens (primary N) is 1. The fourth-order valence-corrected chi connectivity index (χ4v) is 3.26. The Morgan fingerprint density at radius 3 is 2.43 bits per heavy atom. The first-order chi connectivity index (χ1) is 14.3. The molecule has 0 aliphatic carbocycles. The number of carbonyl (C=O) groups excluding carboxylic acids is 1. The van der Waals surface area contributed by atoms with Crippen LogP contribution < -0.4 is 5.73 Å². The van der Waals surface area contributed by atoms with Gasteiger partial charge in [0.1, 0.15) is 5.82 Å². The average molecular weight is 413 g/mol. The Labute approximate surface area is 170 Å². The average Bonchev–Trinajstić information content (AvgIpc) is 2.70. The van der Waals surface area contributed by atoms with E-state index >= 15 is 0 Å². The summed E-state index contributed by atoms with van der Waals surface area (Å²) in [6.45, 7) is -0.191. The second-order valence-electron chi connectivity index (χ2n) is 7.11. The molecule has 3 aromatic rings. The standard InChI is InChI=1S/C21H18F3N5O/c22-15-4-2-13(3-5-15)17-7-6-16(25)18(28-17)10-19(30)29-11-14(12-29)21(23,24)20-26-8-1-9-27-20/h1-9,14H,10-12,25H2. The first kappa shape index (κ1) is 19.8. The first-order valence-electron chi connectivity index (χ1n) is 9.29. The van der Waals surface area contributed by atoms with Crippen LogP contribution in [0.25, 0.3) is 11.3 Å². The number of aromatic nitrogens is 3. The van der Waals surface area contributed by atoms with Gasteiger partial charge in [-0.3, -0.25) is 9.78 Å². The number of pyridine rings is 1. The van der Waals surface area contributed by atoms with Gasteiger partial charge >= 0.3 is 5.92 Å². The van der Waals surface area contributed by atoms with Crippen molar-refractivity contribution in [2.75, 3.05) is 18.8 Å². The molecule has 3 heterocycles. The Hall–Kier alpha value is -3.49. The number of benzene rings is 1. The number of rotatable bonds is 5. The van der Waals surface area contributed by atoms with Gasteiger partial charge in [-0.25, -0.2) is 14.4 Å². The maximum absolute atomic E-state index is 14.5. The molecule has 1 amide bonds. The van der Waals surface area contributed by atoms with Crippen LogP contribution in [0.1, 0.15) is 11.5 Å². The van der Waals surface area contributed by atoms with E-state index in [1.807, 2.05) is 0 Å². The summed E-state index contributed by atoms with van der Waals surface area (Å²) in [7, 11) is 0. The molecule has 4 rings (SSSR count). The molecule has 1 aromatic carbocycles. The van der Waals surface area contributed by atoms with Crippen LogP contribution >= 0.6 is 0 Å². The van der Waals surface area contributed by atoms with Crippen LogP contribution in [0.4, 0.5) is 18.9 Å². The highest BCUT2D eigenvalue weighted by molar-refractivity contribution is 5.81. The van der Waals surface area contributed by atoms with Crippen LogP contribution in [-0.2, 0) is 17.1 Å². The molecular weight excluding hydrogens is 395 g/mol. The predicted octanol–water partition coefficient (Wildman–Crippen LogP) is 3.05. The largest absolute Gasteiger partial charge is 0.397 e. The Bertz CT molecular complexity index is 1050. The van der Waals surface area contributed by atoms with Crippen molar-refractivity contribution >= 4 is 11.6 Å². The van der Waals surface area contributed by atoms with Crippen molar-refractivity contribution in [3.63, 3.8) is 0 Å². The highest BCUT2D eigenvalue weighted by Crippen LogP contribution is 2.39. The van der Waals surface area contributed by atoms with E-state index in [-0.39, 0.29) is 31.2 Å².